The Kier molecular flexibility index (Phi) is 5.06. The lowest BCUT2D eigenvalue weighted by molar-refractivity contribution is 0.221. The summed E-state index contributed by atoms with van der Waals surface area (Å²) in [5.41, 5.74) is 5.91. The van der Waals surface area contributed by atoms with E-state index in [2.05, 4.69) is 23.9 Å². The van der Waals surface area contributed by atoms with Crippen LogP contribution in [-0.2, 0) is 0 Å². The van der Waals surface area contributed by atoms with Crippen LogP contribution in [0, 0.1) is 5.41 Å². The van der Waals surface area contributed by atoms with Crippen LogP contribution < -0.4 is 5.73 Å². The van der Waals surface area contributed by atoms with Crippen molar-refractivity contribution in [3.05, 3.63) is 0 Å². The number of rotatable bonds is 8. The lowest BCUT2D eigenvalue weighted by Crippen LogP contribution is -2.34. The standard InChI is InChI=1S/C12H25N3O/c1-3-7-15(8-4-2)10-12(5-6-12)9-11(13)14-16/h16H,3-10H2,1-2H3,(H2,13,14). The molecule has 1 aliphatic carbocycles. The second-order valence-electron chi connectivity index (χ2n) is 5.04. The third-order valence-corrected chi connectivity index (χ3v) is 3.28. The van der Waals surface area contributed by atoms with Crippen molar-refractivity contribution in [3.63, 3.8) is 0 Å². The summed E-state index contributed by atoms with van der Waals surface area (Å²) in [4.78, 5) is 2.51. The van der Waals surface area contributed by atoms with Gasteiger partial charge in [-0.15, -0.1) is 0 Å². The van der Waals surface area contributed by atoms with Crippen molar-refractivity contribution in [1.82, 2.24) is 4.90 Å². The van der Waals surface area contributed by atoms with Crippen LogP contribution in [0.25, 0.3) is 0 Å². The predicted octanol–water partition coefficient (Wildman–Crippen LogP) is 2.03. The third-order valence-electron chi connectivity index (χ3n) is 3.28. The Hall–Kier alpha value is -0.770. The molecule has 94 valence electrons. The molecule has 1 fully saturated rings. The number of nitrogens with two attached hydrogens (primary N) is 1. The quantitative estimate of drug-likeness (QED) is 0.289. The SMILES string of the molecule is CCCN(CCC)CC1(CC(N)=NO)CC1. The first-order chi connectivity index (χ1) is 7.65. The van der Waals surface area contributed by atoms with Crippen molar-refractivity contribution in [3.8, 4) is 0 Å². The maximum Gasteiger partial charge on any atom is 0.139 e. The minimum absolute atomic E-state index is 0.306. The minimum atomic E-state index is 0.306. The Bertz CT molecular complexity index is 230. The highest BCUT2D eigenvalue weighted by molar-refractivity contribution is 5.80. The molecule has 0 bridgehead atoms. The predicted molar refractivity (Wildman–Crippen MR) is 66.7 cm³/mol. The largest absolute Gasteiger partial charge is 0.409 e. The van der Waals surface area contributed by atoms with E-state index >= 15 is 0 Å². The first-order valence-electron chi connectivity index (χ1n) is 6.34. The molecule has 0 radical (unpaired) electrons. The Morgan fingerprint density at radius 2 is 1.88 bits per heavy atom. The number of amidine groups is 1. The normalized spacial score (nSPS) is 19.1. The van der Waals surface area contributed by atoms with Gasteiger partial charge in [0.15, 0.2) is 0 Å². The molecule has 0 saturated heterocycles. The number of oxime groups is 1. The minimum Gasteiger partial charge on any atom is -0.409 e. The Labute approximate surface area is 98.5 Å². The fraction of sp³-hybridized carbons (Fsp3) is 0.917. The molecule has 0 aromatic heterocycles. The molecule has 0 atom stereocenters. The van der Waals surface area contributed by atoms with Crippen LogP contribution >= 0.6 is 0 Å². The van der Waals surface area contributed by atoms with Crippen LogP contribution in [0.5, 0.6) is 0 Å². The summed E-state index contributed by atoms with van der Waals surface area (Å²) in [6.45, 7) is 7.85. The third kappa shape index (κ3) is 4.00. The molecule has 0 aliphatic heterocycles. The lowest BCUT2D eigenvalue weighted by Gasteiger charge is -2.26. The topological polar surface area (TPSA) is 61.8 Å². The molecule has 0 heterocycles. The molecule has 0 spiro atoms. The summed E-state index contributed by atoms with van der Waals surface area (Å²) in [6.07, 6.45) is 5.56. The summed E-state index contributed by atoms with van der Waals surface area (Å²) >= 11 is 0. The molecule has 1 aliphatic rings. The van der Waals surface area contributed by atoms with Crippen molar-refractivity contribution in [2.24, 2.45) is 16.3 Å². The number of hydrogen-bond acceptors (Lipinski definition) is 3. The van der Waals surface area contributed by atoms with Gasteiger partial charge >= 0.3 is 0 Å². The van der Waals surface area contributed by atoms with E-state index in [1.807, 2.05) is 0 Å². The molecule has 0 aromatic carbocycles. The van der Waals surface area contributed by atoms with Crippen molar-refractivity contribution < 1.29 is 5.21 Å². The summed E-state index contributed by atoms with van der Waals surface area (Å²) < 4.78 is 0. The van der Waals surface area contributed by atoms with E-state index in [0.717, 1.165) is 26.1 Å². The van der Waals surface area contributed by atoms with Gasteiger partial charge in [0, 0.05) is 13.0 Å². The van der Waals surface area contributed by atoms with E-state index in [-0.39, 0.29) is 0 Å². The highest BCUT2D eigenvalue weighted by atomic mass is 16.4. The van der Waals surface area contributed by atoms with Gasteiger partial charge in [-0.2, -0.15) is 0 Å². The van der Waals surface area contributed by atoms with Crippen molar-refractivity contribution in [1.29, 1.82) is 0 Å². The van der Waals surface area contributed by atoms with Crippen LogP contribution in [0.15, 0.2) is 5.16 Å². The zero-order valence-corrected chi connectivity index (χ0v) is 10.6. The van der Waals surface area contributed by atoms with E-state index in [9.17, 15) is 0 Å². The van der Waals surface area contributed by atoms with E-state index in [4.69, 9.17) is 10.9 Å². The highest BCUT2D eigenvalue weighted by Gasteiger charge is 2.44. The zero-order valence-electron chi connectivity index (χ0n) is 10.6. The molecule has 16 heavy (non-hydrogen) atoms. The van der Waals surface area contributed by atoms with Crippen LogP contribution in [0.4, 0.5) is 0 Å². The van der Waals surface area contributed by atoms with Crippen molar-refractivity contribution >= 4 is 5.84 Å². The Morgan fingerprint density at radius 1 is 1.31 bits per heavy atom. The van der Waals surface area contributed by atoms with Gasteiger partial charge < -0.3 is 15.8 Å². The average molecular weight is 227 g/mol. The van der Waals surface area contributed by atoms with Gasteiger partial charge in [0.05, 0.1) is 0 Å². The second-order valence-corrected chi connectivity index (χ2v) is 5.04. The van der Waals surface area contributed by atoms with Crippen LogP contribution in [-0.4, -0.2) is 35.6 Å². The Morgan fingerprint density at radius 3 is 2.25 bits per heavy atom. The van der Waals surface area contributed by atoms with Crippen LogP contribution in [0.1, 0.15) is 46.0 Å². The lowest BCUT2D eigenvalue weighted by atomic mass is 10.0. The monoisotopic (exact) mass is 227 g/mol. The molecule has 4 nitrogen and oxygen atoms in total. The first kappa shape index (κ1) is 13.3. The summed E-state index contributed by atoms with van der Waals surface area (Å²) in [5.74, 6) is 0.380. The molecule has 0 amide bonds. The van der Waals surface area contributed by atoms with Gasteiger partial charge in [-0.25, -0.2) is 0 Å². The van der Waals surface area contributed by atoms with Crippen LogP contribution in [0.2, 0.25) is 0 Å². The van der Waals surface area contributed by atoms with E-state index in [1.54, 1.807) is 0 Å². The average Bonchev–Trinajstić information content (AvgIpc) is 2.98. The number of hydrogen-bond donors (Lipinski definition) is 2. The molecule has 1 rings (SSSR count). The summed E-state index contributed by atoms with van der Waals surface area (Å²) in [6, 6.07) is 0. The van der Waals surface area contributed by atoms with Gasteiger partial charge in [-0.3, -0.25) is 0 Å². The van der Waals surface area contributed by atoms with Crippen molar-refractivity contribution in [2.45, 2.75) is 46.0 Å². The van der Waals surface area contributed by atoms with Gasteiger partial charge in [0.1, 0.15) is 5.84 Å². The first-order valence-corrected chi connectivity index (χ1v) is 6.34. The number of nitrogens with zero attached hydrogens (tertiary/aromatic N) is 2. The van der Waals surface area contributed by atoms with Gasteiger partial charge in [-0.1, -0.05) is 19.0 Å². The van der Waals surface area contributed by atoms with Gasteiger partial charge in [-0.05, 0) is 44.2 Å². The second kappa shape index (κ2) is 6.09. The molecular formula is C12H25N3O. The molecule has 4 heteroatoms. The van der Waals surface area contributed by atoms with Crippen LogP contribution in [0.3, 0.4) is 0 Å². The highest BCUT2D eigenvalue weighted by Crippen LogP contribution is 2.49. The maximum atomic E-state index is 8.62. The fourth-order valence-electron chi connectivity index (χ4n) is 2.36. The molecule has 0 unspecified atom stereocenters. The van der Waals surface area contributed by atoms with E-state index in [1.165, 1.54) is 25.7 Å². The molecule has 1 saturated carbocycles. The van der Waals surface area contributed by atoms with Crippen molar-refractivity contribution in [2.75, 3.05) is 19.6 Å². The molecular weight excluding hydrogens is 202 g/mol. The van der Waals surface area contributed by atoms with Gasteiger partial charge in [0.2, 0.25) is 0 Å². The van der Waals surface area contributed by atoms with Gasteiger partial charge in [0.25, 0.3) is 0 Å². The summed E-state index contributed by atoms with van der Waals surface area (Å²) in [5, 5.41) is 11.7. The zero-order chi connectivity index (χ0) is 12.0. The fourth-order valence-corrected chi connectivity index (χ4v) is 2.36. The molecule has 0 aromatic rings. The Balaban J connectivity index is 2.43. The molecule has 3 N–H and O–H groups in total. The summed E-state index contributed by atoms with van der Waals surface area (Å²) in [7, 11) is 0. The van der Waals surface area contributed by atoms with E-state index < -0.39 is 0 Å². The smallest absolute Gasteiger partial charge is 0.139 e. The maximum absolute atomic E-state index is 8.62. The van der Waals surface area contributed by atoms with E-state index in [0.29, 0.717) is 11.3 Å².